The van der Waals surface area contributed by atoms with Crippen molar-refractivity contribution >= 4 is 27.6 Å². The quantitative estimate of drug-likeness (QED) is 0.501. The predicted molar refractivity (Wildman–Crippen MR) is 72.7 cm³/mol. The number of hydrogen-bond donors (Lipinski definition) is 3. The Balaban J connectivity index is 0.000000487. The van der Waals surface area contributed by atoms with Crippen LogP contribution in [0.4, 0.5) is 0 Å². The maximum atomic E-state index is 10.2. The summed E-state index contributed by atoms with van der Waals surface area (Å²) >= 11 is 0. The highest BCUT2D eigenvalue weighted by Gasteiger charge is 2.15. The van der Waals surface area contributed by atoms with E-state index in [4.69, 9.17) is 16.6 Å². The Morgan fingerprint density at radius 3 is 2.44 bits per heavy atom. The summed E-state index contributed by atoms with van der Waals surface area (Å²) in [7, 11) is 3.92. The van der Waals surface area contributed by atoms with E-state index < -0.39 is 5.97 Å². The van der Waals surface area contributed by atoms with E-state index in [2.05, 4.69) is 0 Å². The third-order valence-electron chi connectivity index (χ3n) is 2.06. The fourth-order valence-corrected chi connectivity index (χ4v) is 4.24. The van der Waals surface area contributed by atoms with Crippen molar-refractivity contribution in [3.05, 3.63) is 0 Å². The molecule has 0 amide bonds. The van der Waals surface area contributed by atoms with Crippen molar-refractivity contribution in [1.82, 2.24) is 0 Å². The monoisotopic (exact) mass is 266 g/mol. The molecule has 0 aromatic heterocycles. The molecule has 1 heterocycles. The van der Waals surface area contributed by atoms with E-state index in [-0.39, 0.29) is 0 Å². The number of carboxylic acid groups (broad SMARTS) is 1. The topological polar surface area (TPSA) is 89.3 Å². The van der Waals surface area contributed by atoms with Crippen LogP contribution in [-0.4, -0.2) is 35.2 Å². The zero-order valence-electron chi connectivity index (χ0n) is 9.56. The van der Waals surface area contributed by atoms with Crippen LogP contribution in [-0.2, 0) is 4.79 Å². The standard InChI is InChI=1S/C8H14O2S2.C2H8N2/c9-8(10)4-2-1-3-7-5-6-11-12-7;3-1-2-4/h7H,1-6H2,(H,9,10);1-4H2. The molecule has 16 heavy (non-hydrogen) atoms. The predicted octanol–water partition coefficient (Wildman–Crippen LogP) is 1.69. The molecule has 0 aromatic rings. The summed E-state index contributed by atoms with van der Waals surface area (Å²) in [4.78, 5) is 10.2. The maximum absolute atomic E-state index is 10.2. The lowest BCUT2D eigenvalue weighted by molar-refractivity contribution is -0.137. The lowest BCUT2D eigenvalue weighted by atomic mass is 10.1. The highest BCUT2D eigenvalue weighted by atomic mass is 33.1. The minimum Gasteiger partial charge on any atom is -0.481 e. The van der Waals surface area contributed by atoms with Crippen LogP contribution < -0.4 is 11.5 Å². The Morgan fingerprint density at radius 2 is 2.00 bits per heavy atom. The molecule has 0 aromatic carbocycles. The van der Waals surface area contributed by atoms with Gasteiger partial charge in [0.15, 0.2) is 0 Å². The van der Waals surface area contributed by atoms with E-state index in [0.717, 1.165) is 18.1 Å². The molecule has 0 aliphatic carbocycles. The normalized spacial score (nSPS) is 19.0. The number of nitrogens with two attached hydrogens (primary N) is 2. The van der Waals surface area contributed by atoms with Crippen molar-refractivity contribution < 1.29 is 9.90 Å². The molecular formula is C10H22N2O2S2. The second kappa shape index (κ2) is 11.6. The minimum atomic E-state index is -0.663. The number of unbranched alkanes of at least 4 members (excludes halogenated alkanes) is 1. The molecule has 4 nitrogen and oxygen atoms in total. The number of carboxylic acids is 1. The largest absolute Gasteiger partial charge is 0.481 e. The van der Waals surface area contributed by atoms with Gasteiger partial charge in [0.2, 0.25) is 0 Å². The van der Waals surface area contributed by atoms with Crippen molar-refractivity contribution in [2.24, 2.45) is 11.5 Å². The summed E-state index contributed by atoms with van der Waals surface area (Å²) in [5.74, 6) is 0.609. The third kappa shape index (κ3) is 10.6. The molecule has 1 saturated heterocycles. The van der Waals surface area contributed by atoms with Gasteiger partial charge in [0.05, 0.1) is 0 Å². The average Bonchev–Trinajstić information content (AvgIpc) is 2.77. The van der Waals surface area contributed by atoms with Crippen LogP contribution in [0, 0.1) is 0 Å². The molecule has 5 N–H and O–H groups in total. The molecule has 1 unspecified atom stereocenters. The molecule has 6 heteroatoms. The van der Waals surface area contributed by atoms with Gasteiger partial charge in [-0.05, 0) is 19.3 Å². The molecule has 0 radical (unpaired) electrons. The summed E-state index contributed by atoms with van der Waals surface area (Å²) in [6, 6.07) is 0. The van der Waals surface area contributed by atoms with E-state index in [1.165, 1.54) is 18.6 Å². The van der Waals surface area contributed by atoms with Crippen molar-refractivity contribution in [2.75, 3.05) is 18.8 Å². The first-order chi connectivity index (χ1) is 7.70. The molecule has 1 atom stereocenters. The van der Waals surface area contributed by atoms with Crippen LogP contribution in [0.5, 0.6) is 0 Å². The fourth-order valence-electron chi connectivity index (χ4n) is 1.21. The summed E-state index contributed by atoms with van der Waals surface area (Å²) in [5, 5.41) is 9.19. The van der Waals surface area contributed by atoms with Gasteiger partial charge in [-0.2, -0.15) is 0 Å². The fraction of sp³-hybridized carbons (Fsp3) is 0.900. The SMILES string of the molecule is NCCN.O=C(O)CCCCC1CCSS1. The summed E-state index contributed by atoms with van der Waals surface area (Å²) in [6.45, 7) is 1.19. The van der Waals surface area contributed by atoms with Crippen molar-refractivity contribution in [3.63, 3.8) is 0 Å². The smallest absolute Gasteiger partial charge is 0.303 e. The number of carbonyl (C=O) groups is 1. The molecule has 0 bridgehead atoms. The van der Waals surface area contributed by atoms with Crippen molar-refractivity contribution in [2.45, 2.75) is 37.4 Å². The van der Waals surface area contributed by atoms with Crippen molar-refractivity contribution in [1.29, 1.82) is 0 Å². The zero-order chi connectivity index (χ0) is 12.2. The maximum Gasteiger partial charge on any atom is 0.303 e. The Labute approximate surface area is 105 Å². The van der Waals surface area contributed by atoms with Crippen molar-refractivity contribution in [3.8, 4) is 0 Å². The molecule has 1 fully saturated rings. The number of hydrogen-bond acceptors (Lipinski definition) is 5. The summed E-state index contributed by atoms with van der Waals surface area (Å²) in [5.41, 5.74) is 9.81. The lowest BCUT2D eigenvalue weighted by Crippen LogP contribution is -2.11. The first-order valence-corrected chi connectivity index (χ1v) is 7.99. The van der Waals surface area contributed by atoms with Gasteiger partial charge in [-0.1, -0.05) is 28.0 Å². The van der Waals surface area contributed by atoms with Crippen LogP contribution in [0.15, 0.2) is 0 Å². The molecule has 1 aliphatic rings. The van der Waals surface area contributed by atoms with Gasteiger partial charge < -0.3 is 16.6 Å². The summed E-state index contributed by atoms with van der Waals surface area (Å²) < 4.78 is 0. The molecule has 0 saturated carbocycles. The van der Waals surface area contributed by atoms with Crippen LogP contribution in [0.2, 0.25) is 0 Å². The summed E-state index contributed by atoms with van der Waals surface area (Å²) in [6.07, 6.45) is 4.76. The van der Waals surface area contributed by atoms with Crippen LogP contribution in [0.25, 0.3) is 0 Å². The van der Waals surface area contributed by atoms with E-state index >= 15 is 0 Å². The van der Waals surface area contributed by atoms with Gasteiger partial charge in [-0.15, -0.1) is 0 Å². The second-order valence-electron chi connectivity index (χ2n) is 3.55. The van der Waals surface area contributed by atoms with Gasteiger partial charge in [0.25, 0.3) is 0 Å². The average molecular weight is 266 g/mol. The second-order valence-corrected chi connectivity index (χ2v) is 6.33. The lowest BCUT2D eigenvalue weighted by Gasteiger charge is -2.04. The Kier molecular flexibility index (Phi) is 11.6. The highest BCUT2D eigenvalue weighted by Crippen LogP contribution is 2.39. The first kappa shape index (κ1) is 16.1. The van der Waals surface area contributed by atoms with E-state index in [1.807, 2.05) is 21.6 Å². The molecule has 0 spiro atoms. The zero-order valence-corrected chi connectivity index (χ0v) is 11.2. The van der Waals surface area contributed by atoms with Crippen LogP contribution in [0.3, 0.4) is 0 Å². The van der Waals surface area contributed by atoms with Gasteiger partial charge >= 0.3 is 5.97 Å². The van der Waals surface area contributed by atoms with Gasteiger partial charge in [-0.25, -0.2) is 0 Å². The third-order valence-corrected chi connectivity index (χ3v) is 5.07. The van der Waals surface area contributed by atoms with Gasteiger partial charge in [0, 0.05) is 30.5 Å². The minimum absolute atomic E-state index is 0.338. The molecular weight excluding hydrogens is 244 g/mol. The van der Waals surface area contributed by atoms with Crippen LogP contribution in [0.1, 0.15) is 32.1 Å². The first-order valence-electron chi connectivity index (χ1n) is 5.61. The van der Waals surface area contributed by atoms with Gasteiger partial charge in [-0.3, -0.25) is 4.79 Å². The highest BCUT2D eigenvalue weighted by molar-refractivity contribution is 8.77. The van der Waals surface area contributed by atoms with E-state index in [1.54, 1.807) is 0 Å². The Morgan fingerprint density at radius 1 is 1.31 bits per heavy atom. The molecule has 96 valence electrons. The van der Waals surface area contributed by atoms with E-state index in [9.17, 15) is 4.79 Å². The van der Waals surface area contributed by atoms with Crippen LogP contribution >= 0.6 is 21.6 Å². The Hall–Kier alpha value is 0.0900. The van der Waals surface area contributed by atoms with Gasteiger partial charge in [0.1, 0.15) is 0 Å². The number of rotatable bonds is 6. The molecule has 1 rings (SSSR count). The Bertz CT molecular complexity index is 174. The number of aliphatic carboxylic acids is 1. The van der Waals surface area contributed by atoms with E-state index in [0.29, 0.717) is 19.5 Å². The molecule has 1 aliphatic heterocycles.